The molecule has 1 saturated heterocycles. The van der Waals surface area contributed by atoms with Crippen molar-refractivity contribution in [1.29, 1.82) is 0 Å². The van der Waals surface area contributed by atoms with Crippen molar-refractivity contribution in [3.63, 3.8) is 0 Å². The number of carbonyl (C=O) groups excluding carboxylic acids is 11. The Morgan fingerprint density at radius 3 is 1.45 bits per heavy atom. The summed E-state index contributed by atoms with van der Waals surface area (Å²) < 4.78 is 5.48. The monoisotopic (exact) mass is 1350 g/mol. The molecule has 0 aromatic heterocycles. The van der Waals surface area contributed by atoms with Crippen molar-refractivity contribution in [3.8, 4) is 0 Å². The van der Waals surface area contributed by atoms with Crippen LogP contribution in [0.5, 0.6) is 0 Å². The summed E-state index contributed by atoms with van der Waals surface area (Å²) in [6.45, 7) is 28.7. The Morgan fingerprint density at radius 1 is 0.521 bits per heavy atom. The molecule has 1 fully saturated rings. The van der Waals surface area contributed by atoms with Crippen LogP contribution in [0, 0.1) is 35.5 Å². The first kappa shape index (κ1) is 86.1. The summed E-state index contributed by atoms with van der Waals surface area (Å²) >= 11 is 1.22. The maximum absolute atomic E-state index is 15.3. The molecule has 7 N–H and O–H groups in total. The van der Waals surface area contributed by atoms with Gasteiger partial charge in [0, 0.05) is 67.3 Å². The third kappa shape index (κ3) is 25.3. The Bertz CT molecular complexity index is 2550. The second kappa shape index (κ2) is 40.0. The third-order valence-corrected chi connectivity index (χ3v) is 18.3. The molecule has 1 rings (SSSR count). The molecule has 0 aromatic rings. The normalized spacial score (nSPS) is 26.4. The summed E-state index contributed by atoms with van der Waals surface area (Å²) in [5, 5.41) is 43.9. The van der Waals surface area contributed by atoms with E-state index in [-0.39, 0.29) is 87.6 Å². The summed E-state index contributed by atoms with van der Waals surface area (Å²) in [7, 11) is 9.71. The lowest BCUT2D eigenvalue weighted by atomic mass is 9.91. The van der Waals surface area contributed by atoms with Gasteiger partial charge in [-0.2, -0.15) is 11.8 Å². The van der Waals surface area contributed by atoms with Crippen molar-refractivity contribution in [2.75, 3.05) is 80.7 Å². The number of hydrogen-bond donors (Lipinski definition) is 7. The van der Waals surface area contributed by atoms with Gasteiger partial charge in [-0.15, -0.1) is 0 Å². The molecule has 94 heavy (non-hydrogen) atoms. The highest BCUT2D eigenvalue weighted by atomic mass is 32.2. The molecule has 0 spiro atoms. The molecule has 0 aliphatic carbocycles. The standard InChI is InChI=1S/C67H121N11O15S/c1-25-27-28-43(13)55(80)54-59(84)70-46(26-2)61(86)76(22)51(37-94-32-31-93-30-29-79)64(89)75(21)50(36-67(16,17)92)58(83)71-52(41(9)10)65(90)72(18)47(33-38(3)4)57(82)68-44(14)56(81)69-45(15)60(85)73(19)48(34-39(5)6)62(87)74(20)49(35-40(7)8)63(88)77(23)53(42(11)12)66(91)78(54)24/h25,27,38-55,79-80,92H,26,28-37H2,1-24H3,(H,68,82)(H,69,81)(H,70,84)(H,71,83)/t43-,44+,45-,46+,47+,48+,49+,50+,51-,52+,53+,54+,55-/m1/s1. The molecule has 0 bridgehead atoms. The predicted octanol–water partition coefficient (Wildman–Crippen LogP) is 2.49. The number of aliphatic hydroxyl groups excluding tert-OH is 2. The number of allylic oxidation sites excluding steroid dienone is 2. The zero-order valence-corrected chi connectivity index (χ0v) is 61.9. The fraction of sp³-hybridized carbons (Fsp3) is 0.806. The zero-order valence-electron chi connectivity index (χ0n) is 61.1. The summed E-state index contributed by atoms with van der Waals surface area (Å²) in [6, 6.07) is -14.7. The van der Waals surface area contributed by atoms with E-state index < -0.39 is 161 Å². The number of nitrogens with zero attached hydrogens (tertiary/aromatic N) is 7. The second-order valence-electron chi connectivity index (χ2n) is 28.1. The van der Waals surface area contributed by atoms with Crippen molar-refractivity contribution in [2.24, 2.45) is 35.5 Å². The molecular formula is C67H121N11O15S. The lowest BCUT2D eigenvalue weighted by Gasteiger charge is -2.41. The molecule has 0 unspecified atom stereocenters. The van der Waals surface area contributed by atoms with Crippen LogP contribution in [0.4, 0.5) is 0 Å². The van der Waals surface area contributed by atoms with Gasteiger partial charge in [-0.1, -0.05) is 95.2 Å². The fourth-order valence-corrected chi connectivity index (χ4v) is 12.4. The van der Waals surface area contributed by atoms with Gasteiger partial charge in [0.1, 0.15) is 66.5 Å². The van der Waals surface area contributed by atoms with Crippen molar-refractivity contribution in [1.82, 2.24) is 55.6 Å². The van der Waals surface area contributed by atoms with Crippen molar-refractivity contribution in [2.45, 2.75) is 234 Å². The highest BCUT2D eigenvalue weighted by molar-refractivity contribution is 7.99. The highest BCUT2D eigenvalue weighted by Gasteiger charge is 2.47. The van der Waals surface area contributed by atoms with E-state index in [2.05, 4.69) is 21.3 Å². The van der Waals surface area contributed by atoms with E-state index in [0.717, 1.165) is 14.7 Å². The van der Waals surface area contributed by atoms with Gasteiger partial charge in [0.15, 0.2) is 0 Å². The molecule has 0 saturated carbocycles. The van der Waals surface area contributed by atoms with Gasteiger partial charge in [-0.25, -0.2) is 0 Å². The van der Waals surface area contributed by atoms with Crippen LogP contribution in [-0.4, -0.2) is 273 Å². The molecule has 13 atom stereocenters. The lowest BCUT2D eigenvalue weighted by molar-refractivity contribution is -0.157. The van der Waals surface area contributed by atoms with Crippen LogP contribution in [0.25, 0.3) is 0 Å². The van der Waals surface area contributed by atoms with Gasteiger partial charge >= 0.3 is 0 Å². The van der Waals surface area contributed by atoms with E-state index >= 15 is 28.8 Å². The number of thioether (sulfide) groups is 1. The van der Waals surface area contributed by atoms with Crippen molar-refractivity contribution in [3.05, 3.63) is 12.2 Å². The van der Waals surface area contributed by atoms with E-state index in [4.69, 9.17) is 4.74 Å². The number of ether oxygens (including phenoxy) is 1. The average Bonchev–Trinajstić information content (AvgIpc) is 0.809. The third-order valence-electron chi connectivity index (χ3n) is 17.3. The molecule has 1 heterocycles. The van der Waals surface area contributed by atoms with Crippen molar-refractivity contribution < 1.29 is 72.8 Å². The molecule has 0 aromatic carbocycles. The van der Waals surface area contributed by atoms with Gasteiger partial charge in [0.2, 0.25) is 65.0 Å². The molecule has 26 nitrogen and oxygen atoms in total. The Labute approximate surface area is 565 Å². The Kier molecular flexibility index (Phi) is 36.6. The van der Waals surface area contributed by atoms with Gasteiger partial charge in [0.05, 0.1) is 31.5 Å². The summed E-state index contributed by atoms with van der Waals surface area (Å²) in [5.41, 5.74) is -1.61. The van der Waals surface area contributed by atoms with Crippen LogP contribution in [0.3, 0.4) is 0 Å². The minimum Gasteiger partial charge on any atom is -0.394 e. The van der Waals surface area contributed by atoms with Crippen molar-refractivity contribution >= 4 is 76.7 Å². The SMILES string of the molecule is CC=CC[C@@H](C)[C@@H](O)[C@H]1C(=O)N[C@@H](CC)C(=O)N(C)[C@H](CSCCOCCO)C(=O)N(C)[C@@H](CC(C)(C)O)C(=O)N[C@@H](C(C)C)C(=O)N(C)[C@@H](CC(C)C)C(=O)N[C@@H](C)C(=O)N[C@H](C)C(=O)N(C)[C@@H](CC(C)C)C(=O)N(C)[C@@H](CC(C)C)C(=O)N(C)[C@@H](C(C)C)C(=O)N1C. The van der Waals surface area contributed by atoms with Gasteiger partial charge < -0.3 is 75.6 Å². The van der Waals surface area contributed by atoms with E-state index in [1.807, 2.05) is 41.5 Å². The summed E-state index contributed by atoms with van der Waals surface area (Å²) in [4.78, 5) is 172. The number of amides is 11. The molecule has 0 radical (unpaired) electrons. The topological polar surface area (TPSA) is 328 Å². The molecule has 11 amide bonds. The quantitative estimate of drug-likeness (QED) is 0.0605. The Morgan fingerprint density at radius 2 is 0.968 bits per heavy atom. The van der Waals surface area contributed by atoms with Gasteiger partial charge in [-0.05, 0) is 102 Å². The number of hydrogen-bond acceptors (Lipinski definition) is 16. The Balaban J connectivity index is 4.56. The fourth-order valence-electron chi connectivity index (χ4n) is 11.5. The first-order chi connectivity index (χ1) is 43.5. The zero-order chi connectivity index (χ0) is 72.7. The average molecular weight is 1350 g/mol. The molecule has 27 heteroatoms. The van der Waals surface area contributed by atoms with E-state index in [9.17, 15) is 39.3 Å². The van der Waals surface area contributed by atoms with Crippen LogP contribution < -0.4 is 21.3 Å². The number of nitrogens with one attached hydrogen (secondary N) is 4. The highest BCUT2D eigenvalue weighted by Crippen LogP contribution is 2.27. The molecule has 540 valence electrons. The smallest absolute Gasteiger partial charge is 0.246 e. The number of carbonyl (C=O) groups is 11. The number of likely N-dealkylation sites (N-methyl/N-ethyl adjacent to an activating group) is 7. The summed E-state index contributed by atoms with van der Waals surface area (Å²) in [6.07, 6.45) is 2.19. The van der Waals surface area contributed by atoms with Crippen LogP contribution in [0.2, 0.25) is 0 Å². The first-order valence-corrected chi connectivity index (χ1v) is 34.5. The van der Waals surface area contributed by atoms with Crippen LogP contribution in [0.1, 0.15) is 156 Å². The van der Waals surface area contributed by atoms with E-state index in [1.165, 1.54) is 108 Å². The number of rotatable bonds is 22. The first-order valence-electron chi connectivity index (χ1n) is 33.3. The van der Waals surface area contributed by atoms with Crippen LogP contribution in [-0.2, 0) is 57.5 Å². The van der Waals surface area contributed by atoms with E-state index in [1.54, 1.807) is 60.6 Å². The maximum atomic E-state index is 15.3. The Hall–Kier alpha value is -5.90. The molecule has 1 aliphatic heterocycles. The predicted molar refractivity (Wildman–Crippen MR) is 364 cm³/mol. The van der Waals surface area contributed by atoms with Crippen LogP contribution >= 0.6 is 11.8 Å². The minimum absolute atomic E-state index is 0.0471. The number of aliphatic hydroxyl groups is 3. The lowest BCUT2D eigenvalue weighted by Crippen LogP contribution is -2.64. The second-order valence-corrected chi connectivity index (χ2v) is 29.3. The van der Waals surface area contributed by atoms with Gasteiger partial charge in [0.25, 0.3) is 0 Å². The minimum atomic E-state index is -1.68. The van der Waals surface area contributed by atoms with Crippen LogP contribution in [0.15, 0.2) is 12.2 Å². The molecular weight excluding hydrogens is 1230 g/mol. The maximum Gasteiger partial charge on any atom is 0.246 e. The van der Waals surface area contributed by atoms with Gasteiger partial charge in [-0.3, -0.25) is 52.7 Å². The largest absolute Gasteiger partial charge is 0.394 e. The van der Waals surface area contributed by atoms with E-state index in [0.29, 0.717) is 0 Å². The molecule has 1 aliphatic rings. The summed E-state index contributed by atoms with van der Waals surface area (Å²) in [5.74, 6) is -10.4.